The summed E-state index contributed by atoms with van der Waals surface area (Å²) in [6.07, 6.45) is 11.9. The minimum Gasteiger partial charge on any atom is -0.465 e. The van der Waals surface area contributed by atoms with Crippen molar-refractivity contribution in [2.24, 2.45) is 11.0 Å². The molecule has 0 bridgehead atoms. The Bertz CT molecular complexity index is 1340. The number of hydrogen-bond acceptors (Lipinski definition) is 9. The van der Waals surface area contributed by atoms with Gasteiger partial charge in [-0.3, -0.25) is 4.79 Å². The van der Waals surface area contributed by atoms with E-state index in [0.29, 0.717) is 29.5 Å². The first kappa shape index (κ1) is 22.3. The largest absolute Gasteiger partial charge is 0.465 e. The zero-order chi connectivity index (χ0) is 24.5. The quantitative estimate of drug-likeness (QED) is 0.493. The molecule has 2 aliphatic heterocycles. The molecule has 1 aliphatic carbocycles. The standard InChI is InChI=1S/C26H28N8O2/c1-2-36-22(35)17-33-18-27-23-24(33)29-26(30-25(23)34-21-11-7-6-8-19(21)16-28-34)32-14-12-31(13-15-32)20-9-4-3-5-10-20/h3-11,16,18-19,21H,2,12-15,17H2,1H3. The second kappa shape index (κ2) is 9.44. The summed E-state index contributed by atoms with van der Waals surface area (Å²) in [5.41, 5.74) is 2.44. The van der Waals surface area contributed by atoms with E-state index in [9.17, 15) is 4.79 Å². The summed E-state index contributed by atoms with van der Waals surface area (Å²) >= 11 is 0. The number of ether oxygens (including phenoxy) is 1. The molecule has 1 saturated heterocycles. The molecule has 184 valence electrons. The van der Waals surface area contributed by atoms with Gasteiger partial charge in [0.15, 0.2) is 17.0 Å². The molecule has 3 aromatic rings. The number of benzene rings is 1. The van der Waals surface area contributed by atoms with Crippen molar-refractivity contribution in [2.45, 2.75) is 19.5 Å². The number of esters is 1. The van der Waals surface area contributed by atoms with Crippen LogP contribution in [0.4, 0.5) is 17.5 Å². The predicted molar refractivity (Wildman–Crippen MR) is 139 cm³/mol. The van der Waals surface area contributed by atoms with Crippen LogP contribution in [-0.4, -0.2) is 70.5 Å². The zero-order valence-corrected chi connectivity index (χ0v) is 20.1. The molecule has 4 heterocycles. The minimum atomic E-state index is -0.324. The molecule has 1 fully saturated rings. The Morgan fingerprint density at radius 1 is 1.03 bits per heavy atom. The van der Waals surface area contributed by atoms with Crippen LogP contribution in [0.5, 0.6) is 0 Å². The van der Waals surface area contributed by atoms with Gasteiger partial charge in [-0.15, -0.1) is 0 Å². The van der Waals surface area contributed by atoms with Gasteiger partial charge in [0.25, 0.3) is 0 Å². The topological polar surface area (TPSA) is 92.0 Å². The Kier molecular flexibility index (Phi) is 5.84. The average Bonchev–Trinajstić information content (AvgIpc) is 3.53. The average molecular weight is 485 g/mol. The van der Waals surface area contributed by atoms with Crippen molar-refractivity contribution < 1.29 is 9.53 Å². The molecule has 0 spiro atoms. The van der Waals surface area contributed by atoms with Gasteiger partial charge in [0.2, 0.25) is 5.95 Å². The zero-order valence-electron chi connectivity index (χ0n) is 20.1. The summed E-state index contributed by atoms with van der Waals surface area (Å²) < 4.78 is 6.90. The Balaban J connectivity index is 1.34. The lowest BCUT2D eigenvalue weighted by Gasteiger charge is -2.36. The first-order valence-corrected chi connectivity index (χ1v) is 12.3. The Hall–Kier alpha value is -4.21. The number of nitrogens with zero attached hydrogens (tertiary/aromatic N) is 8. The summed E-state index contributed by atoms with van der Waals surface area (Å²) in [6.45, 7) is 5.46. The fourth-order valence-electron chi connectivity index (χ4n) is 4.90. The fourth-order valence-corrected chi connectivity index (χ4v) is 4.90. The van der Waals surface area contributed by atoms with Gasteiger partial charge < -0.3 is 19.1 Å². The SMILES string of the molecule is CCOC(=O)Cn1cnc2c(N3N=CC4C=CC=CC43)nc(N3CCN(c4ccccc4)CC3)nc21. The normalized spacial score (nSPS) is 20.9. The van der Waals surface area contributed by atoms with Gasteiger partial charge in [-0.05, 0) is 19.1 Å². The molecule has 0 saturated carbocycles. The number of aromatic nitrogens is 4. The molecular formula is C26H28N8O2. The summed E-state index contributed by atoms with van der Waals surface area (Å²) in [6, 6.07) is 10.5. The van der Waals surface area contributed by atoms with Crippen LogP contribution < -0.4 is 14.8 Å². The van der Waals surface area contributed by atoms with Gasteiger partial charge in [-0.2, -0.15) is 15.1 Å². The fraction of sp³-hybridized carbons (Fsp3) is 0.346. The van der Waals surface area contributed by atoms with E-state index in [1.165, 1.54) is 5.69 Å². The second-order valence-electron chi connectivity index (χ2n) is 8.95. The van der Waals surface area contributed by atoms with E-state index in [0.717, 1.165) is 26.2 Å². The lowest BCUT2D eigenvalue weighted by Crippen LogP contribution is -2.47. The van der Waals surface area contributed by atoms with Crippen molar-refractivity contribution in [1.82, 2.24) is 19.5 Å². The van der Waals surface area contributed by atoms with E-state index in [-0.39, 0.29) is 24.5 Å². The lowest BCUT2D eigenvalue weighted by atomic mass is 9.97. The van der Waals surface area contributed by atoms with Crippen LogP contribution >= 0.6 is 0 Å². The Morgan fingerprint density at radius 3 is 2.61 bits per heavy atom. The highest BCUT2D eigenvalue weighted by molar-refractivity contribution is 5.88. The van der Waals surface area contributed by atoms with Crippen LogP contribution in [0.3, 0.4) is 0 Å². The number of hydrazone groups is 1. The predicted octanol–water partition coefficient (Wildman–Crippen LogP) is 2.63. The van der Waals surface area contributed by atoms with Crippen molar-refractivity contribution in [3.63, 3.8) is 0 Å². The van der Waals surface area contributed by atoms with E-state index < -0.39 is 0 Å². The van der Waals surface area contributed by atoms with Crippen molar-refractivity contribution in [3.05, 3.63) is 61.0 Å². The molecular weight excluding hydrogens is 456 g/mol. The highest BCUT2D eigenvalue weighted by Crippen LogP contribution is 2.33. The van der Waals surface area contributed by atoms with Gasteiger partial charge in [0.05, 0.1) is 19.0 Å². The van der Waals surface area contributed by atoms with Crippen LogP contribution in [-0.2, 0) is 16.1 Å². The molecule has 6 rings (SSSR count). The molecule has 0 N–H and O–H groups in total. The highest BCUT2D eigenvalue weighted by atomic mass is 16.5. The molecule has 2 aromatic heterocycles. The number of anilines is 3. The number of imidazole rings is 1. The van der Waals surface area contributed by atoms with Crippen LogP contribution in [0.1, 0.15) is 6.92 Å². The Labute approximate surface area is 209 Å². The highest BCUT2D eigenvalue weighted by Gasteiger charge is 2.33. The van der Waals surface area contributed by atoms with Gasteiger partial charge in [0.1, 0.15) is 6.54 Å². The molecule has 0 amide bonds. The van der Waals surface area contributed by atoms with Crippen molar-refractivity contribution in [1.29, 1.82) is 0 Å². The van der Waals surface area contributed by atoms with Gasteiger partial charge >= 0.3 is 5.97 Å². The van der Waals surface area contributed by atoms with Gasteiger partial charge in [-0.1, -0.05) is 42.5 Å². The van der Waals surface area contributed by atoms with Gasteiger partial charge in [0, 0.05) is 44.0 Å². The van der Waals surface area contributed by atoms with Crippen LogP contribution in [0.25, 0.3) is 11.2 Å². The number of para-hydroxylation sites is 1. The minimum absolute atomic E-state index is 0.0334. The molecule has 0 radical (unpaired) electrons. The summed E-state index contributed by atoms with van der Waals surface area (Å²) in [4.78, 5) is 31.3. The molecule has 1 aromatic carbocycles. The number of rotatable bonds is 6. The maximum Gasteiger partial charge on any atom is 0.326 e. The Morgan fingerprint density at radius 2 is 1.81 bits per heavy atom. The molecule has 3 aliphatic rings. The molecule has 10 nitrogen and oxygen atoms in total. The maximum atomic E-state index is 12.3. The number of carbonyl (C=O) groups excluding carboxylic acids is 1. The second-order valence-corrected chi connectivity index (χ2v) is 8.95. The number of fused-ring (bicyclic) bond motifs is 2. The van der Waals surface area contributed by atoms with Crippen molar-refractivity contribution >= 4 is 40.8 Å². The third-order valence-electron chi connectivity index (χ3n) is 6.73. The smallest absolute Gasteiger partial charge is 0.326 e. The summed E-state index contributed by atoms with van der Waals surface area (Å²) in [7, 11) is 0. The third kappa shape index (κ3) is 4.08. The number of carbonyl (C=O) groups is 1. The first-order chi connectivity index (χ1) is 17.7. The third-order valence-corrected chi connectivity index (χ3v) is 6.73. The maximum absolute atomic E-state index is 12.3. The number of hydrogen-bond donors (Lipinski definition) is 0. The van der Waals surface area contributed by atoms with E-state index in [4.69, 9.17) is 14.7 Å². The summed E-state index contributed by atoms with van der Waals surface area (Å²) in [5.74, 6) is 1.12. The molecule has 36 heavy (non-hydrogen) atoms. The van der Waals surface area contributed by atoms with Crippen molar-refractivity contribution in [3.8, 4) is 0 Å². The van der Waals surface area contributed by atoms with Crippen molar-refractivity contribution in [2.75, 3.05) is 47.6 Å². The molecule has 10 heteroatoms. The van der Waals surface area contributed by atoms with Crippen LogP contribution in [0.2, 0.25) is 0 Å². The van der Waals surface area contributed by atoms with E-state index >= 15 is 0 Å². The van der Waals surface area contributed by atoms with E-state index in [1.54, 1.807) is 17.8 Å². The molecule has 2 atom stereocenters. The monoisotopic (exact) mass is 484 g/mol. The van der Waals surface area contributed by atoms with Crippen LogP contribution in [0.15, 0.2) is 66.1 Å². The number of allylic oxidation sites excluding steroid dienone is 2. The first-order valence-electron chi connectivity index (χ1n) is 12.3. The summed E-state index contributed by atoms with van der Waals surface area (Å²) in [5, 5.41) is 6.60. The number of piperazine rings is 1. The van der Waals surface area contributed by atoms with Gasteiger partial charge in [-0.25, -0.2) is 9.99 Å². The van der Waals surface area contributed by atoms with Crippen LogP contribution in [0, 0.1) is 5.92 Å². The molecule has 2 unspecified atom stereocenters. The lowest BCUT2D eigenvalue weighted by molar-refractivity contribution is -0.143. The van der Waals surface area contributed by atoms with E-state index in [2.05, 4.69) is 56.3 Å². The van der Waals surface area contributed by atoms with E-state index in [1.807, 2.05) is 29.4 Å².